The van der Waals surface area contributed by atoms with Crippen LogP contribution in [0.5, 0.6) is 0 Å². The molecular weight excluding hydrogens is 566 g/mol. The zero-order valence-corrected chi connectivity index (χ0v) is 23.1. The summed E-state index contributed by atoms with van der Waals surface area (Å²) in [6, 6.07) is 8.82. The molecule has 0 saturated carbocycles. The molecule has 1 aromatic carbocycles. The van der Waals surface area contributed by atoms with Crippen LogP contribution >= 0.6 is 17.2 Å². The van der Waals surface area contributed by atoms with Crippen molar-refractivity contribution in [2.75, 3.05) is 0 Å². The van der Waals surface area contributed by atoms with Crippen molar-refractivity contribution in [3.05, 3.63) is 84.8 Å². The summed E-state index contributed by atoms with van der Waals surface area (Å²) in [7, 11) is 12.9. The summed E-state index contributed by atoms with van der Waals surface area (Å²) in [6.07, 6.45) is 9.21. The van der Waals surface area contributed by atoms with Gasteiger partial charge in [0.05, 0.1) is 0 Å². The maximum atomic E-state index is 6.72. The van der Waals surface area contributed by atoms with E-state index in [0.717, 1.165) is 0 Å². The predicted molar refractivity (Wildman–Crippen MR) is 123 cm³/mol. The number of fused-ring (bicyclic) bond motifs is 2. The van der Waals surface area contributed by atoms with Crippen LogP contribution in [0, 0.1) is 5.92 Å². The van der Waals surface area contributed by atoms with E-state index in [9.17, 15) is 0 Å². The van der Waals surface area contributed by atoms with Crippen molar-refractivity contribution in [2.24, 2.45) is 5.92 Å². The fourth-order valence-electron chi connectivity index (χ4n) is 5.08. The van der Waals surface area contributed by atoms with E-state index >= 15 is 0 Å². The van der Waals surface area contributed by atoms with E-state index in [0.29, 0.717) is 11.8 Å². The molecule has 0 radical (unpaired) electrons. The summed E-state index contributed by atoms with van der Waals surface area (Å²) in [5, 5.41) is 1.59. The Morgan fingerprint density at radius 2 is 1.75 bits per heavy atom. The van der Waals surface area contributed by atoms with Crippen LogP contribution < -0.4 is 0 Å². The van der Waals surface area contributed by atoms with Crippen LogP contribution in [-0.2, 0) is 19.1 Å². The summed E-state index contributed by atoms with van der Waals surface area (Å²) in [6.45, 7) is 11.7. The van der Waals surface area contributed by atoms with Gasteiger partial charge in [0.2, 0.25) is 0 Å². The molecule has 0 aromatic heterocycles. The van der Waals surface area contributed by atoms with Gasteiger partial charge >= 0.3 is 186 Å². The third kappa shape index (κ3) is 3.25. The van der Waals surface area contributed by atoms with Gasteiger partial charge in [0.25, 0.3) is 0 Å². The van der Waals surface area contributed by atoms with Crippen LogP contribution in [-0.4, -0.2) is 13.6 Å². The Hall–Kier alpha value is -0.543. The van der Waals surface area contributed by atoms with E-state index < -0.39 is 27.5 Å². The fraction of sp³-hybridized carbons (Fsp3) is 0.292. The van der Waals surface area contributed by atoms with E-state index in [1.165, 1.54) is 42.3 Å². The molecule has 1 aromatic rings. The standard InChI is InChI=1S/C24H25Si.2ClH.Hf/c1-15-13-18-9-6-7-11-20(18)22(15)23-16(2)14-19-10-8-12-21(25(4)5)17(3)24(19)23;;;/h6-13,17,22H,1-5H3;2*1H;/q;;;+2/p-2. The molecule has 0 spiro atoms. The molecule has 0 aliphatic heterocycles. The summed E-state index contributed by atoms with van der Waals surface area (Å²) in [5.41, 5.74) is 9.83. The van der Waals surface area contributed by atoms with Crippen LogP contribution in [0.2, 0.25) is 13.1 Å². The minimum atomic E-state index is -2.78. The first-order valence-corrected chi connectivity index (χ1v) is 23.0. The fourth-order valence-corrected chi connectivity index (χ4v) is 13.5. The monoisotopic (exact) mass is 591 g/mol. The quantitative estimate of drug-likeness (QED) is 0.316. The molecule has 0 amide bonds. The Bertz CT molecular complexity index is 1050. The Morgan fingerprint density at radius 3 is 2.43 bits per heavy atom. The van der Waals surface area contributed by atoms with Gasteiger partial charge in [0, 0.05) is 0 Å². The summed E-state index contributed by atoms with van der Waals surface area (Å²) in [5.74, 6) is 0.730. The average Bonchev–Trinajstić information content (AvgIpc) is 3.04. The van der Waals surface area contributed by atoms with Crippen molar-refractivity contribution in [3.63, 3.8) is 0 Å². The maximum absolute atomic E-state index is 6.72. The van der Waals surface area contributed by atoms with Crippen molar-refractivity contribution in [1.29, 1.82) is 0 Å². The van der Waals surface area contributed by atoms with Crippen molar-refractivity contribution in [2.45, 2.75) is 39.8 Å². The molecule has 4 rings (SSSR count). The Labute approximate surface area is 185 Å². The molecule has 0 fully saturated rings. The summed E-state index contributed by atoms with van der Waals surface area (Å²) < 4.78 is 1.30. The molecule has 143 valence electrons. The molecule has 0 nitrogen and oxygen atoms in total. The summed E-state index contributed by atoms with van der Waals surface area (Å²) >= 11 is -2.78. The second-order valence-corrected chi connectivity index (χ2v) is 22.2. The zero-order chi connectivity index (χ0) is 20.2. The van der Waals surface area contributed by atoms with E-state index in [4.69, 9.17) is 17.2 Å². The number of allylic oxidation sites excluding steroid dienone is 9. The van der Waals surface area contributed by atoms with Crippen molar-refractivity contribution in [1.82, 2.24) is 0 Å². The number of hydrogen-bond acceptors (Lipinski definition) is 0. The summed E-state index contributed by atoms with van der Waals surface area (Å²) in [4.78, 5) is 0. The molecule has 2 atom stereocenters. The second kappa shape index (κ2) is 7.94. The Balaban J connectivity index is 2.01. The SMILES string of the molecule is CC1=Cc2ccccc2C1C1=C2C(=CC=CC(=[Si](C)C)C2C)[C]([Hf]([Cl])[Cl])=C1C. The van der Waals surface area contributed by atoms with Gasteiger partial charge in [-0.15, -0.1) is 0 Å². The molecule has 28 heavy (non-hydrogen) atoms. The average molecular weight is 591 g/mol. The van der Waals surface area contributed by atoms with Gasteiger partial charge in [-0.25, -0.2) is 0 Å². The topological polar surface area (TPSA) is 0 Å². The minimum absolute atomic E-state index is 0.317. The molecule has 4 heteroatoms. The van der Waals surface area contributed by atoms with Crippen LogP contribution in [0.25, 0.3) is 6.08 Å². The van der Waals surface area contributed by atoms with E-state index in [2.05, 4.69) is 82.4 Å². The number of halogens is 2. The van der Waals surface area contributed by atoms with Gasteiger partial charge < -0.3 is 0 Å². The third-order valence-electron chi connectivity index (χ3n) is 6.27. The molecule has 0 heterocycles. The van der Waals surface area contributed by atoms with E-state index in [1.54, 1.807) is 5.17 Å². The molecule has 3 aliphatic rings. The van der Waals surface area contributed by atoms with Gasteiger partial charge in [-0.05, 0) is 0 Å². The normalized spacial score (nSPS) is 23.5. The molecule has 0 N–H and O–H groups in total. The van der Waals surface area contributed by atoms with Crippen LogP contribution in [0.1, 0.15) is 37.8 Å². The molecule has 2 unspecified atom stereocenters. The van der Waals surface area contributed by atoms with Crippen LogP contribution in [0.3, 0.4) is 0 Å². The number of hydrogen-bond donors (Lipinski definition) is 0. The third-order valence-corrected chi connectivity index (χ3v) is 14.8. The van der Waals surface area contributed by atoms with Gasteiger partial charge in [0.1, 0.15) is 0 Å². The van der Waals surface area contributed by atoms with Crippen molar-refractivity contribution in [3.8, 4) is 0 Å². The second-order valence-electron chi connectivity index (χ2n) is 8.15. The van der Waals surface area contributed by atoms with E-state index in [1.807, 2.05) is 0 Å². The molecular formula is C24H25Cl2HfSi. The molecule has 0 bridgehead atoms. The first kappa shape index (κ1) is 20.7. The predicted octanol–water partition coefficient (Wildman–Crippen LogP) is 7.34. The molecule has 0 saturated heterocycles. The molecule has 3 aliphatic carbocycles. The number of rotatable bonds is 2. The van der Waals surface area contributed by atoms with Crippen LogP contribution in [0.4, 0.5) is 0 Å². The zero-order valence-electron chi connectivity index (χ0n) is 17.0. The van der Waals surface area contributed by atoms with Gasteiger partial charge in [-0.1, -0.05) is 0 Å². The Kier molecular flexibility index (Phi) is 5.88. The van der Waals surface area contributed by atoms with Gasteiger partial charge in [-0.2, -0.15) is 0 Å². The number of benzene rings is 1. The van der Waals surface area contributed by atoms with Gasteiger partial charge in [-0.3, -0.25) is 0 Å². The van der Waals surface area contributed by atoms with Gasteiger partial charge in [0.15, 0.2) is 0 Å². The first-order valence-electron chi connectivity index (χ1n) is 9.80. The van der Waals surface area contributed by atoms with Crippen molar-refractivity contribution < 1.29 is 19.1 Å². The van der Waals surface area contributed by atoms with Crippen LogP contribution in [0.15, 0.2) is 73.7 Å². The van der Waals surface area contributed by atoms with E-state index in [-0.39, 0.29) is 0 Å². The Morgan fingerprint density at radius 1 is 1.04 bits per heavy atom. The van der Waals surface area contributed by atoms with Crippen molar-refractivity contribution >= 4 is 36.8 Å². The first-order chi connectivity index (χ1) is 13.3.